The average Bonchev–Trinajstić information content (AvgIpc) is 3.31. The van der Waals surface area contributed by atoms with Gasteiger partial charge in [-0.05, 0) is 36.4 Å². The van der Waals surface area contributed by atoms with Crippen LogP contribution in [-0.2, 0) is 9.53 Å². The van der Waals surface area contributed by atoms with Crippen molar-refractivity contribution in [2.75, 3.05) is 19.7 Å². The summed E-state index contributed by atoms with van der Waals surface area (Å²) < 4.78 is 21.8. The summed E-state index contributed by atoms with van der Waals surface area (Å²) >= 11 is 12.4. The number of nitrogens with zero attached hydrogens (tertiary/aromatic N) is 4. The number of hydrogen-bond donors (Lipinski definition) is 1. The van der Waals surface area contributed by atoms with Gasteiger partial charge < -0.3 is 28.6 Å². The minimum absolute atomic E-state index is 0.0764. The molecule has 3 heterocycles. The summed E-state index contributed by atoms with van der Waals surface area (Å²) in [5.41, 5.74) is 1.23. The summed E-state index contributed by atoms with van der Waals surface area (Å²) in [5.74, 6) is 0.840. The molecular formula is C25H20Cl2N4O7. The van der Waals surface area contributed by atoms with E-state index in [1.54, 1.807) is 47.4 Å². The Morgan fingerprint density at radius 2 is 1.92 bits per heavy atom. The normalized spacial score (nSPS) is 13.9. The number of piperidine rings is 1. The van der Waals surface area contributed by atoms with Crippen LogP contribution in [0.4, 0.5) is 4.79 Å². The smallest absolute Gasteiger partial charge is 0.482 e. The van der Waals surface area contributed by atoms with Gasteiger partial charge in [0.15, 0.2) is 6.61 Å². The van der Waals surface area contributed by atoms with Crippen molar-refractivity contribution < 1.29 is 33.3 Å². The molecule has 1 saturated heterocycles. The highest BCUT2D eigenvalue weighted by atomic mass is 35.5. The number of fused-ring (bicyclic) bond motifs is 1. The third kappa shape index (κ3) is 6.06. The first kappa shape index (κ1) is 25.6. The van der Waals surface area contributed by atoms with Crippen molar-refractivity contribution in [1.82, 2.24) is 19.9 Å². The highest BCUT2D eigenvalue weighted by Crippen LogP contribution is 2.32. The average molecular weight is 559 g/mol. The topological polar surface area (TPSA) is 137 Å². The van der Waals surface area contributed by atoms with Gasteiger partial charge in [0.25, 0.3) is 11.6 Å². The second kappa shape index (κ2) is 11.1. The first-order chi connectivity index (χ1) is 18.3. The third-order valence-corrected chi connectivity index (χ3v) is 6.26. The molecule has 0 radical (unpaired) electrons. The molecule has 5 rings (SSSR count). The van der Waals surface area contributed by atoms with E-state index < -0.39 is 12.3 Å². The summed E-state index contributed by atoms with van der Waals surface area (Å²) in [6.07, 6.45) is 0.651. The minimum Gasteiger partial charge on any atom is -0.482 e. The number of aromatic nitrogens is 3. The largest absolute Gasteiger partial charge is 0.506 e. The Bertz CT molecular complexity index is 1490. The van der Waals surface area contributed by atoms with Crippen molar-refractivity contribution in [2.45, 2.75) is 18.9 Å². The zero-order valence-corrected chi connectivity index (χ0v) is 21.2. The molecule has 1 fully saturated rings. The molecular weight excluding hydrogens is 539 g/mol. The lowest BCUT2D eigenvalue weighted by Crippen LogP contribution is -2.43. The molecule has 1 N–H and O–H groups in total. The summed E-state index contributed by atoms with van der Waals surface area (Å²) in [5, 5.41) is 9.50. The van der Waals surface area contributed by atoms with Gasteiger partial charge in [0.05, 0.1) is 11.2 Å². The predicted molar refractivity (Wildman–Crippen MR) is 136 cm³/mol. The van der Waals surface area contributed by atoms with E-state index in [2.05, 4.69) is 15.0 Å². The van der Waals surface area contributed by atoms with Crippen molar-refractivity contribution in [1.29, 1.82) is 0 Å². The second-order valence-electron chi connectivity index (χ2n) is 8.32. The van der Waals surface area contributed by atoms with E-state index in [0.29, 0.717) is 53.5 Å². The maximum Gasteiger partial charge on any atom is 0.506 e. The molecule has 0 spiro atoms. The molecule has 2 aromatic carbocycles. The van der Waals surface area contributed by atoms with E-state index in [1.807, 2.05) is 0 Å². The molecule has 13 heteroatoms. The Morgan fingerprint density at radius 1 is 1.11 bits per heavy atom. The maximum absolute atomic E-state index is 12.5. The monoisotopic (exact) mass is 558 g/mol. The molecule has 0 atom stereocenters. The summed E-state index contributed by atoms with van der Waals surface area (Å²) in [4.78, 5) is 37.6. The van der Waals surface area contributed by atoms with Gasteiger partial charge >= 0.3 is 12.2 Å². The first-order valence-corrected chi connectivity index (χ1v) is 12.3. The minimum atomic E-state index is -1.31. The number of halogens is 2. The third-order valence-electron chi connectivity index (χ3n) is 5.73. The van der Waals surface area contributed by atoms with Crippen LogP contribution >= 0.6 is 23.2 Å². The van der Waals surface area contributed by atoms with E-state index in [1.165, 1.54) is 6.20 Å². The number of carbonyl (C=O) groups excluding carboxylic acids is 1. The number of hydrogen-bond acceptors (Lipinski definition) is 9. The lowest BCUT2D eigenvalue weighted by Gasteiger charge is -2.31. The van der Waals surface area contributed by atoms with Gasteiger partial charge in [0.2, 0.25) is 5.89 Å². The molecule has 4 aromatic rings. The van der Waals surface area contributed by atoms with E-state index >= 15 is 0 Å². The molecule has 11 nitrogen and oxygen atoms in total. The van der Waals surface area contributed by atoms with Gasteiger partial charge in [-0.25, -0.2) is 14.8 Å². The van der Waals surface area contributed by atoms with E-state index in [-0.39, 0.29) is 35.2 Å². The molecule has 0 unspecified atom stereocenters. The molecule has 1 amide bonds. The Labute approximate surface area is 225 Å². The highest BCUT2D eigenvalue weighted by molar-refractivity contribution is 6.32. The predicted octanol–water partition coefficient (Wildman–Crippen LogP) is 5.45. The van der Waals surface area contributed by atoms with Crippen LogP contribution in [0, 0.1) is 0 Å². The fraction of sp³-hybridized carbons (Fsp3) is 0.240. The number of amides is 1. The van der Waals surface area contributed by atoms with Gasteiger partial charge in [0.1, 0.15) is 23.1 Å². The van der Waals surface area contributed by atoms with E-state index in [4.69, 9.17) is 46.9 Å². The fourth-order valence-corrected chi connectivity index (χ4v) is 4.29. The summed E-state index contributed by atoms with van der Waals surface area (Å²) in [6, 6.07) is 11.8. The van der Waals surface area contributed by atoms with Crippen LogP contribution in [0.1, 0.15) is 12.8 Å². The standard InChI is InChI=1S/C25H20Cl2N4O7/c26-15-2-1-3-17(11-15)36-24-28-12-19-23(30-24)38-22(29-19)14-4-5-20(18(27)10-14)35-13-21(32)31-8-6-16(7-9-31)37-25(33)34/h1-5,10-12,16H,6-9,13H2,(H,33,34). The molecule has 1 aliphatic heterocycles. The summed E-state index contributed by atoms with van der Waals surface area (Å²) in [6.45, 7) is 0.565. The Hall–Kier alpha value is -4.09. The second-order valence-corrected chi connectivity index (χ2v) is 9.16. The SMILES string of the molecule is O=C(O)OC1CCN(C(=O)COc2ccc(-c3nc4cnc(Oc5cccc(Cl)c5)nc4o3)cc2Cl)CC1. The molecule has 0 saturated carbocycles. The van der Waals surface area contributed by atoms with Crippen molar-refractivity contribution >= 4 is 46.5 Å². The lowest BCUT2D eigenvalue weighted by atomic mass is 10.1. The molecule has 1 aliphatic rings. The van der Waals surface area contributed by atoms with Gasteiger partial charge in [0, 0.05) is 36.5 Å². The van der Waals surface area contributed by atoms with Crippen LogP contribution in [0.2, 0.25) is 10.0 Å². The maximum atomic E-state index is 12.5. The van der Waals surface area contributed by atoms with Crippen LogP contribution < -0.4 is 9.47 Å². The highest BCUT2D eigenvalue weighted by Gasteiger charge is 2.25. The Morgan fingerprint density at radius 3 is 2.66 bits per heavy atom. The van der Waals surface area contributed by atoms with Crippen LogP contribution in [0.25, 0.3) is 22.7 Å². The van der Waals surface area contributed by atoms with Crippen LogP contribution in [0.15, 0.2) is 53.1 Å². The van der Waals surface area contributed by atoms with Crippen molar-refractivity contribution in [2.24, 2.45) is 0 Å². The molecule has 2 aromatic heterocycles. The Kier molecular flexibility index (Phi) is 7.47. The van der Waals surface area contributed by atoms with Gasteiger partial charge in [-0.2, -0.15) is 4.98 Å². The van der Waals surface area contributed by atoms with Crippen molar-refractivity contribution in [3.63, 3.8) is 0 Å². The van der Waals surface area contributed by atoms with Crippen molar-refractivity contribution in [3.05, 3.63) is 58.7 Å². The number of rotatable bonds is 7. The number of oxazole rings is 1. The van der Waals surface area contributed by atoms with Crippen LogP contribution in [-0.4, -0.2) is 62.8 Å². The van der Waals surface area contributed by atoms with Crippen LogP contribution in [0.3, 0.4) is 0 Å². The molecule has 0 aliphatic carbocycles. The van der Waals surface area contributed by atoms with Gasteiger partial charge in [-0.15, -0.1) is 0 Å². The lowest BCUT2D eigenvalue weighted by molar-refractivity contribution is -0.135. The molecule has 0 bridgehead atoms. The quantitative estimate of drug-likeness (QED) is 0.291. The number of carbonyl (C=O) groups is 2. The van der Waals surface area contributed by atoms with Crippen LogP contribution in [0.5, 0.6) is 17.5 Å². The van der Waals surface area contributed by atoms with E-state index in [0.717, 1.165) is 0 Å². The number of benzene rings is 2. The number of likely N-dealkylation sites (tertiary alicyclic amines) is 1. The summed E-state index contributed by atoms with van der Waals surface area (Å²) in [7, 11) is 0. The van der Waals surface area contributed by atoms with Gasteiger partial charge in [-0.3, -0.25) is 4.79 Å². The molecule has 196 valence electrons. The Balaban J connectivity index is 1.21. The first-order valence-electron chi connectivity index (χ1n) is 11.5. The molecule has 38 heavy (non-hydrogen) atoms. The number of ether oxygens (including phenoxy) is 3. The van der Waals surface area contributed by atoms with Gasteiger partial charge in [-0.1, -0.05) is 29.3 Å². The van der Waals surface area contributed by atoms with E-state index in [9.17, 15) is 9.59 Å². The fourth-order valence-electron chi connectivity index (χ4n) is 3.88. The van der Waals surface area contributed by atoms with Crippen molar-refractivity contribution in [3.8, 4) is 29.0 Å². The number of carboxylic acid groups (broad SMARTS) is 1. The zero-order chi connectivity index (χ0) is 26.6. The zero-order valence-electron chi connectivity index (χ0n) is 19.7.